The molecule has 1 saturated heterocycles. The van der Waals surface area contributed by atoms with Crippen LogP contribution in [0.1, 0.15) is 26.2 Å². The van der Waals surface area contributed by atoms with Crippen LogP contribution in [0.5, 0.6) is 0 Å². The van der Waals surface area contributed by atoms with E-state index in [0.29, 0.717) is 5.92 Å². The summed E-state index contributed by atoms with van der Waals surface area (Å²) in [6, 6.07) is 15.1. The summed E-state index contributed by atoms with van der Waals surface area (Å²) in [5.41, 5.74) is 0. The Labute approximate surface area is 105 Å². The molecule has 0 saturated carbocycles. The number of carbonyl (C=O) groups is 1. The molecule has 2 heteroatoms. The molecule has 1 aromatic carbocycles. The minimum Gasteiger partial charge on any atom is -0.303 e. The summed E-state index contributed by atoms with van der Waals surface area (Å²) in [5.74, 6) is 0.344. The van der Waals surface area contributed by atoms with E-state index in [1.807, 2.05) is 0 Å². The van der Waals surface area contributed by atoms with Crippen LogP contribution in [0.3, 0.4) is 0 Å². The summed E-state index contributed by atoms with van der Waals surface area (Å²) in [6.45, 7) is 2.30. The first-order chi connectivity index (χ1) is 8.30. The molecule has 2 rings (SSSR count). The molecule has 1 nitrogen and oxygen atoms in total. The van der Waals surface area contributed by atoms with Crippen LogP contribution >= 0.6 is 0 Å². The van der Waals surface area contributed by atoms with Crippen molar-refractivity contribution in [2.75, 3.05) is 0 Å². The molecule has 92 valence electrons. The van der Waals surface area contributed by atoms with E-state index < -0.39 is 8.07 Å². The van der Waals surface area contributed by atoms with Gasteiger partial charge in [-0.1, -0.05) is 67.0 Å². The van der Waals surface area contributed by atoms with E-state index in [1.165, 1.54) is 30.8 Å². The lowest BCUT2D eigenvalue weighted by atomic mass is 10.1. The summed E-state index contributed by atoms with van der Waals surface area (Å²) in [5, 5.41) is 1.62. The van der Waals surface area contributed by atoms with Gasteiger partial charge in [-0.2, -0.15) is 0 Å². The summed E-state index contributed by atoms with van der Waals surface area (Å²) in [4.78, 5) is 10.9. The molecule has 1 aliphatic rings. The fourth-order valence-electron chi connectivity index (χ4n) is 3.28. The number of hydrogen-bond donors (Lipinski definition) is 0. The van der Waals surface area contributed by atoms with E-state index in [1.54, 1.807) is 5.19 Å². The average Bonchev–Trinajstić information content (AvgIpc) is 2.41. The zero-order chi connectivity index (χ0) is 12.1. The highest BCUT2D eigenvalue weighted by Crippen LogP contribution is 2.34. The molecular formula is C15H22OSi. The van der Waals surface area contributed by atoms with E-state index in [4.69, 9.17) is 0 Å². The second-order valence-electron chi connectivity index (χ2n) is 5.37. The number of aldehydes is 1. The molecule has 0 amide bonds. The van der Waals surface area contributed by atoms with E-state index in [2.05, 4.69) is 37.3 Å². The number of hydrogen-bond acceptors (Lipinski definition) is 1. The van der Waals surface area contributed by atoms with Gasteiger partial charge >= 0.3 is 0 Å². The van der Waals surface area contributed by atoms with Crippen molar-refractivity contribution >= 4 is 19.5 Å². The topological polar surface area (TPSA) is 17.1 Å². The van der Waals surface area contributed by atoms with Gasteiger partial charge in [0.1, 0.15) is 6.29 Å². The van der Waals surface area contributed by atoms with Gasteiger partial charge in [0, 0.05) is 5.92 Å². The van der Waals surface area contributed by atoms with Crippen LogP contribution in [0, 0.1) is 5.92 Å². The van der Waals surface area contributed by atoms with Gasteiger partial charge in [-0.25, -0.2) is 0 Å². The maximum Gasteiger partial charge on any atom is 0.123 e. The molecule has 0 atom stereocenters. The van der Waals surface area contributed by atoms with Crippen LogP contribution in [0.25, 0.3) is 0 Å². The van der Waals surface area contributed by atoms with Crippen LogP contribution in [0.15, 0.2) is 30.3 Å². The van der Waals surface area contributed by atoms with Gasteiger partial charge in [-0.05, 0) is 12.8 Å². The average molecular weight is 246 g/mol. The third kappa shape index (κ3) is 2.68. The summed E-state index contributed by atoms with van der Waals surface area (Å²) in [6.07, 6.45) is 4.72. The minimum absolute atomic E-state index is 0.344. The van der Waals surface area contributed by atoms with Gasteiger partial charge < -0.3 is 4.79 Å². The molecule has 0 aliphatic carbocycles. The molecule has 1 fully saturated rings. The first kappa shape index (κ1) is 12.6. The minimum atomic E-state index is -1.28. The zero-order valence-electron chi connectivity index (χ0n) is 10.7. The molecule has 1 aromatic rings. The predicted octanol–water partition coefficient (Wildman–Crippen LogP) is 3.36. The Morgan fingerprint density at radius 2 is 1.88 bits per heavy atom. The first-order valence-corrected chi connectivity index (χ1v) is 9.44. The van der Waals surface area contributed by atoms with Crippen LogP contribution in [0.4, 0.5) is 0 Å². The zero-order valence-corrected chi connectivity index (χ0v) is 11.7. The van der Waals surface area contributed by atoms with Crippen molar-refractivity contribution in [2.45, 2.75) is 44.3 Å². The summed E-state index contributed by atoms with van der Waals surface area (Å²) < 4.78 is 0. The Morgan fingerprint density at radius 1 is 1.24 bits per heavy atom. The SMILES string of the molecule is CCC[Si]1(c2ccccc2)CCC(C=O)CC1. The van der Waals surface area contributed by atoms with Crippen LogP contribution in [-0.4, -0.2) is 14.4 Å². The second-order valence-corrected chi connectivity index (χ2v) is 10.0. The predicted molar refractivity (Wildman–Crippen MR) is 75.3 cm³/mol. The third-order valence-electron chi connectivity index (χ3n) is 4.29. The lowest BCUT2D eigenvalue weighted by Gasteiger charge is -2.37. The van der Waals surface area contributed by atoms with Crippen LogP contribution in [-0.2, 0) is 4.79 Å². The number of carbonyl (C=O) groups excluding carboxylic acids is 1. The summed E-state index contributed by atoms with van der Waals surface area (Å²) in [7, 11) is -1.28. The molecule has 1 aliphatic heterocycles. The third-order valence-corrected chi connectivity index (χ3v) is 9.80. The van der Waals surface area contributed by atoms with Crippen molar-refractivity contribution in [1.82, 2.24) is 0 Å². The fourth-order valence-corrected chi connectivity index (χ4v) is 8.60. The molecule has 17 heavy (non-hydrogen) atoms. The molecule has 0 bridgehead atoms. The molecular weight excluding hydrogens is 224 g/mol. The van der Waals surface area contributed by atoms with Crippen molar-refractivity contribution < 1.29 is 4.79 Å². The van der Waals surface area contributed by atoms with E-state index in [-0.39, 0.29) is 0 Å². The molecule has 0 radical (unpaired) electrons. The normalized spacial score (nSPS) is 28.9. The Hall–Kier alpha value is -0.893. The van der Waals surface area contributed by atoms with E-state index in [0.717, 1.165) is 12.8 Å². The van der Waals surface area contributed by atoms with Gasteiger partial charge in [0.2, 0.25) is 0 Å². The molecule has 0 spiro atoms. The fraction of sp³-hybridized carbons (Fsp3) is 0.533. The van der Waals surface area contributed by atoms with Crippen molar-refractivity contribution in [3.63, 3.8) is 0 Å². The van der Waals surface area contributed by atoms with Gasteiger partial charge in [0.05, 0.1) is 8.07 Å². The Bertz CT molecular complexity index is 352. The van der Waals surface area contributed by atoms with Crippen molar-refractivity contribution in [3.8, 4) is 0 Å². The summed E-state index contributed by atoms with van der Waals surface area (Å²) >= 11 is 0. The van der Waals surface area contributed by atoms with Crippen molar-refractivity contribution in [2.24, 2.45) is 5.92 Å². The standard InChI is InChI=1S/C15H22OSi/c1-2-10-17(15-6-4-3-5-7-15)11-8-14(13-16)9-12-17/h3-7,13-14H,2,8-12H2,1H3. The Balaban J connectivity index is 2.20. The quantitative estimate of drug-likeness (QED) is 0.588. The van der Waals surface area contributed by atoms with Gasteiger partial charge in [-0.3, -0.25) is 0 Å². The Morgan fingerprint density at radius 3 is 2.41 bits per heavy atom. The molecule has 0 N–H and O–H groups in total. The molecule has 1 heterocycles. The highest BCUT2D eigenvalue weighted by molar-refractivity contribution is 6.92. The largest absolute Gasteiger partial charge is 0.303 e. The van der Waals surface area contributed by atoms with Gasteiger partial charge in [0.15, 0.2) is 0 Å². The smallest absolute Gasteiger partial charge is 0.123 e. The lowest BCUT2D eigenvalue weighted by Crippen LogP contribution is -2.49. The van der Waals surface area contributed by atoms with Crippen molar-refractivity contribution in [1.29, 1.82) is 0 Å². The maximum absolute atomic E-state index is 10.9. The number of rotatable bonds is 4. The highest BCUT2D eigenvalue weighted by Gasteiger charge is 2.37. The second kappa shape index (κ2) is 5.63. The first-order valence-electron chi connectivity index (χ1n) is 6.81. The van der Waals surface area contributed by atoms with E-state index >= 15 is 0 Å². The van der Waals surface area contributed by atoms with Gasteiger partial charge in [-0.15, -0.1) is 0 Å². The number of benzene rings is 1. The Kier molecular flexibility index (Phi) is 4.16. The van der Waals surface area contributed by atoms with Crippen molar-refractivity contribution in [3.05, 3.63) is 30.3 Å². The van der Waals surface area contributed by atoms with Crippen LogP contribution in [0.2, 0.25) is 18.1 Å². The molecule has 0 aromatic heterocycles. The molecule has 0 unspecified atom stereocenters. The van der Waals surface area contributed by atoms with Crippen LogP contribution < -0.4 is 5.19 Å². The highest BCUT2D eigenvalue weighted by atomic mass is 28.3. The monoisotopic (exact) mass is 246 g/mol. The van der Waals surface area contributed by atoms with Gasteiger partial charge in [0.25, 0.3) is 0 Å². The van der Waals surface area contributed by atoms with E-state index in [9.17, 15) is 4.79 Å². The maximum atomic E-state index is 10.9. The lowest BCUT2D eigenvalue weighted by molar-refractivity contribution is -0.111.